The molecule has 0 spiro atoms. The van der Waals surface area contributed by atoms with Gasteiger partial charge in [0.05, 0.1) is 11.6 Å². The van der Waals surface area contributed by atoms with Crippen molar-refractivity contribution < 1.29 is 19.0 Å². The van der Waals surface area contributed by atoms with Crippen LogP contribution in [-0.2, 0) is 11.3 Å². The summed E-state index contributed by atoms with van der Waals surface area (Å²) >= 11 is 0. The molecule has 1 aliphatic rings. The zero-order valence-corrected chi connectivity index (χ0v) is 14.2. The first-order valence-corrected chi connectivity index (χ1v) is 8.40. The molecule has 0 aromatic heterocycles. The predicted octanol–water partition coefficient (Wildman–Crippen LogP) is 4.05. The van der Waals surface area contributed by atoms with Crippen LogP contribution < -0.4 is 0 Å². The second-order valence-corrected chi connectivity index (χ2v) is 6.75. The lowest BCUT2D eigenvalue weighted by Gasteiger charge is -2.42. The number of benzene rings is 2. The molecule has 1 fully saturated rings. The van der Waals surface area contributed by atoms with Crippen LogP contribution >= 0.6 is 0 Å². The van der Waals surface area contributed by atoms with Crippen molar-refractivity contribution in [1.29, 1.82) is 0 Å². The third-order valence-corrected chi connectivity index (χ3v) is 4.60. The molecule has 1 heterocycles. The molecule has 0 bridgehead atoms. The van der Waals surface area contributed by atoms with E-state index in [0.29, 0.717) is 19.4 Å². The predicted molar refractivity (Wildman–Crippen MR) is 92.3 cm³/mol. The van der Waals surface area contributed by atoms with E-state index in [-0.39, 0.29) is 18.5 Å². The highest BCUT2D eigenvalue weighted by atomic mass is 19.1. The Morgan fingerprint density at radius 1 is 1.24 bits per heavy atom. The number of carbonyl (C=O) groups excluding carboxylic acids is 1. The highest BCUT2D eigenvalue weighted by molar-refractivity contribution is 5.68. The van der Waals surface area contributed by atoms with Crippen molar-refractivity contribution in [3.63, 3.8) is 0 Å². The van der Waals surface area contributed by atoms with E-state index in [2.05, 4.69) is 0 Å². The van der Waals surface area contributed by atoms with Crippen LogP contribution in [0.5, 0.6) is 0 Å². The Labute approximate surface area is 146 Å². The number of amides is 1. The van der Waals surface area contributed by atoms with Gasteiger partial charge in [-0.05, 0) is 36.6 Å². The lowest BCUT2D eigenvalue weighted by atomic mass is 9.85. The Kier molecular flexibility index (Phi) is 5.04. The molecule has 1 unspecified atom stereocenters. The minimum Gasteiger partial charge on any atom is -0.445 e. The van der Waals surface area contributed by atoms with Gasteiger partial charge in [0.1, 0.15) is 12.4 Å². The van der Waals surface area contributed by atoms with E-state index in [0.717, 1.165) is 11.1 Å². The average Bonchev–Trinajstić information content (AvgIpc) is 2.60. The third kappa shape index (κ3) is 4.37. The normalized spacial score (nSPS) is 23.3. The molecule has 2 aromatic carbocycles. The monoisotopic (exact) mass is 343 g/mol. The van der Waals surface area contributed by atoms with Crippen molar-refractivity contribution in [3.05, 3.63) is 71.5 Å². The summed E-state index contributed by atoms with van der Waals surface area (Å²) in [6, 6.07) is 15.2. The Morgan fingerprint density at radius 2 is 1.92 bits per heavy atom. The number of hydrogen-bond acceptors (Lipinski definition) is 3. The van der Waals surface area contributed by atoms with E-state index < -0.39 is 11.7 Å². The average molecular weight is 343 g/mol. The maximum atomic E-state index is 13.2. The number of carbonyl (C=O) groups is 1. The fourth-order valence-corrected chi connectivity index (χ4v) is 3.15. The molecular formula is C20H22FNO3. The van der Waals surface area contributed by atoms with E-state index in [4.69, 9.17) is 4.74 Å². The lowest BCUT2D eigenvalue weighted by molar-refractivity contribution is -0.0330. The van der Waals surface area contributed by atoms with Crippen LogP contribution in [0.1, 0.15) is 36.9 Å². The molecule has 1 aliphatic heterocycles. The molecule has 1 saturated heterocycles. The molecule has 3 rings (SSSR count). The van der Waals surface area contributed by atoms with Crippen LogP contribution in [0.3, 0.4) is 0 Å². The number of hydrogen-bond donors (Lipinski definition) is 1. The van der Waals surface area contributed by atoms with Gasteiger partial charge in [-0.25, -0.2) is 9.18 Å². The van der Waals surface area contributed by atoms with E-state index in [9.17, 15) is 14.3 Å². The van der Waals surface area contributed by atoms with Crippen LogP contribution in [0.25, 0.3) is 0 Å². The molecule has 5 heteroatoms. The Morgan fingerprint density at radius 3 is 2.60 bits per heavy atom. The largest absolute Gasteiger partial charge is 0.445 e. The molecule has 2 atom stereocenters. The zero-order chi connectivity index (χ0) is 17.9. The van der Waals surface area contributed by atoms with Crippen molar-refractivity contribution in [2.45, 2.75) is 38.0 Å². The summed E-state index contributed by atoms with van der Waals surface area (Å²) in [5, 5.41) is 10.4. The maximum absolute atomic E-state index is 13.2. The molecular weight excluding hydrogens is 321 g/mol. The van der Waals surface area contributed by atoms with Gasteiger partial charge >= 0.3 is 6.09 Å². The minimum atomic E-state index is -0.866. The Bertz CT molecular complexity index is 715. The van der Waals surface area contributed by atoms with Crippen LogP contribution in [0.2, 0.25) is 0 Å². The number of halogens is 1. The van der Waals surface area contributed by atoms with Crippen LogP contribution in [0.15, 0.2) is 54.6 Å². The summed E-state index contributed by atoms with van der Waals surface area (Å²) in [4.78, 5) is 14.2. The van der Waals surface area contributed by atoms with E-state index in [1.165, 1.54) is 12.1 Å². The fraction of sp³-hybridized carbons (Fsp3) is 0.350. The molecule has 132 valence electrons. The van der Waals surface area contributed by atoms with Crippen molar-refractivity contribution in [3.8, 4) is 0 Å². The van der Waals surface area contributed by atoms with E-state index in [1.807, 2.05) is 30.3 Å². The summed E-state index contributed by atoms with van der Waals surface area (Å²) in [5.41, 5.74) is 0.839. The Balaban J connectivity index is 1.74. The highest BCUT2D eigenvalue weighted by Gasteiger charge is 2.38. The van der Waals surface area contributed by atoms with Crippen molar-refractivity contribution in [2.75, 3.05) is 6.54 Å². The number of piperidine rings is 1. The third-order valence-electron chi connectivity index (χ3n) is 4.60. The SMILES string of the molecule is C[C@]1(O)CCN(C(=O)OCc2ccccc2)C(c2ccc(F)cc2)C1. The molecule has 1 amide bonds. The first kappa shape index (κ1) is 17.4. The van der Waals surface area contributed by atoms with Gasteiger partial charge in [0.15, 0.2) is 0 Å². The van der Waals surface area contributed by atoms with Crippen LogP contribution in [0, 0.1) is 5.82 Å². The van der Waals surface area contributed by atoms with Gasteiger partial charge in [-0.15, -0.1) is 0 Å². The molecule has 0 saturated carbocycles. The van der Waals surface area contributed by atoms with Crippen molar-refractivity contribution in [1.82, 2.24) is 4.90 Å². The van der Waals surface area contributed by atoms with Crippen molar-refractivity contribution in [2.24, 2.45) is 0 Å². The minimum absolute atomic E-state index is 0.197. The standard InChI is InChI=1S/C20H22FNO3/c1-20(24)11-12-22(18(13-20)16-7-9-17(21)10-8-16)19(23)25-14-15-5-3-2-4-6-15/h2-10,18,24H,11-14H2,1H3/t18?,20-/m0/s1. The lowest BCUT2D eigenvalue weighted by Crippen LogP contribution is -2.47. The first-order valence-electron chi connectivity index (χ1n) is 8.40. The van der Waals surface area contributed by atoms with Gasteiger partial charge in [0.2, 0.25) is 0 Å². The fourth-order valence-electron chi connectivity index (χ4n) is 3.15. The Hall–Kier alpha value is -2.40. The number of nitrogens with zero attached hydrogens (tertiary/aromatic N) is 1. The van der Waals surface area contributed by atoms with E-state index in [1.54, 1.807) is 24.0 Å². The molecule has 0 radical (unpaired) electrons. The summed E-state index contributed by atoms with van der Waals surface area (Å²) in [6.07, 6.45) is 0.443. The van der Waals surface area contributed by atoms with Crippen LogP contribution in [-0.4, -0.2) is 28.2 Å². The highest BCUT2D eigenvalue weighted by Crippen LogP contribution is 2.36. The van der Waals surface area contributed by atoms with Gasteiger partial charge in [-0.1, -0.05) is 42.5 Å². The van der Waals surface area contributed by atoms with Crippen molar-refractivity contribution >= 4 is 6.09 Å². The topological polar surface area (TPSA) is 49.8 Å². The summed E-state index contributed by atoms with van der Waals surface area (Å²) in [7, 11) is 0. The molecule has 0 aliphatic carbocycles. The van der Waals surface area contributed by atoms with Gasteiger partial charge in [-0.3, -0.25) is 0 Å². The second kappa shape index (κ2) is 7.23. The number of ether oxygens (including phenoxy) is 1. The second-order valence-electron chi connectivity index (χ2n) is 6.75. The van der Waals surface area contributed by atoms with Gasteiger partial charge in [0.25, 0.3) is 0 Å². The molecule has 4 nitrogen and oxygen atoms in total. The number of aliphatic hydroxyl groups is 1. The van der Waals surface area contributed by atoms with Gasteiger partial charge in [0, 0.05) is 13.0 Å². The van der Waals surface area contributed by atoms with E-state index >= 15 is 0 Å². The number of rotatable bonds is 3. The molecule has 25 heavy (non-hydrogen) atoms. The summed E-state index contributed by atoms with van der Waals surface area (Å²) in [5.74, 6) is -0.329. The first-order chi connectivity index (χ1) is 11.9. The molecule has 1 N–H and O–H groups in total. The molecule has 2 aromatic rings. The van der Waals surface area contributed by atoms with Gasteiger partial charge in [-0.2, -0.15) is 0 Å². The summed E-state index contributed by atoms with van der Waals surface area (Å²) in [6.45, 7) is 2.35. The maximum Gasteiger partial charge on any atom is 0.410 e. The quantitative estimate of drug-likeness (QED) is 0.915. The van der Waals surface area contributed by atoms with Crippen LogP contribution in [0.4, 0.5) is 9.18 Å². The number of likely N-dealkylation sites (tertiary alicyclic amines) is 1. The summed E-state index contributed by atoms with van der Waals surface area (Å²) < 4.78 is 18.7. The van der Waals surface area contributed by atoms with Gasteiger partial charge < -0.3 is 14.7 Å². The smallest absolute Gasteiger partial charge is 0.410 e. The zero-order valence-electron chi connectivity index (χ0n) is 14.2.